The Kier molecular flexibility index (Phi) is 9.09. The van der Waals surface area contributed by atoms with Gasteiger partial charge < -0.3 is 4.74 Å². The van der Waals surface area contributed by atoms with E-state index in [2.05, 4.69) is 4.98 Å². The van der Waals surface area contributed by atoms with Crippen LogP contribution in [-0.2, 0) is 16.6 Å². The fourth-order valence-electron chi connectivity index (χ4n) is 4.00. The van der Waals surface area contributed by atoms with E-state index in [1.54, 1.807) is 23.2 Å². The van der Waals surface area contributed by atoms with Gasteiger partial charge in [-0.2, -0.15) is 4.31 Å². The summed E-state index contributed by atoms with van der Waals surface area (Å²) in [6.07, 6.45) is 3.38. The van der Waals surface area contributed by atoms with E-state index in [1.807, 2.05) is 57.2 Å². The van der Waals surface area contributed by atoms with Gasteiger partial charge in [-0.05, 0) is 67.9 Å². The number of sulfonamides is 1. The van der Waals surface area contributed by atoms with Crippen molar-refractivity contribution < 1.29 is 17.9 Å². The quantitative estimate of drug-likeness (QED) is 0.222. The number of hydrogen-bond acceptors (Lipinski definition) is 7. The first kappa shape index (κ1) is 27.7. The first-order valence-corrected chi connectivity index (χ1v) is 15.0. The molecule has 0 aliphatic carbocycles. The number of ether oxygens (including phenoxy) is 1. The van der Waals surface area contributed by atoms with E-state index < -0.39 is 10.0 Å². The maximum absolute atomic E-state index is 13.8. The van der Waals surface area contributed by atoms with E-state index in [4.69, 9.17) is 9.72 Å². The van der Waals surface area contributed by atoms with Crippen LogP contribution in [0.15, 0.2) is 71.8 Å². The lowest BCUT2D eigenvalue weighted by Crippen LogP contribution is -2.32. The number of carbonyl (C=O) groups is 1. The molecule has 2 aromatic heterocycles. The Morgan fingerprint density at radius 1 is 1.03 bits per heavy atom. The minimum absolute atomic E-state index is 0.173. The molecule has 0 atom stereocenters. The summed E-state index contributed by atoms with van der Waals surface area (Å²) in [4.78, 5) is 24.6. The smallest absolute Gasteiger partial charge is 0.260 e. The van der Waals surface area contributed by atoms with Crippen LogP contribution in [0.2, 0.25) is 0 Å². The lowest BCUT2D eigenvalue weighted by molar-refractivity contribution is 0.0984. The van der Waals surface area contributed by atoms with E-state index in [-0.39, 0.29) is 17.3 Å². The van der Waals surface area contributed by atoms with Crippen molar-refractivity contribution in [3.05, 3.63) is 78.1 Å². The molecule has 0 saturated carbocycles. The molecule has 8 nitrogen and oxygen atoms in total. The van der Waals surface area contributed by atoms with E-state index in [9.17, 15) is 13.2 Å². The average Bonchev–Trinajstić information content (AvgIpc) is 3.35. The maximum atomic E-state index is 13.8. The third-order valence-electron chi connectivity index (χ3n) is 6.03. The third kappa shape index (κ3) is 6.20. The number of pyridine rings is 1. The highest BCUT2D eigenvalue weighted by molar-refractivity contribution is 7.89. The van der Waals surface area contributed by atoms with Crippen molar-refractivity contribution in [2.24, 2.45) is 0 Å². The van der Waals surface area contributed by atoms with Gasteiger partial charge in [-0.1, -0.05) is 37.7 Å². The molecule has 4 rings (SSSR count). The number of aromatic nitrogens is 2. The lowest BCUT2D eigenvalue weighted by atomic mass is 10.2. The van der Waals surface area contributed by atoms with Crippen molar-refractivity contribution in [2.75, 3.05) is 24.6 Å². The van der Waals surface area contributed by atoms with Gasteiger partial charge in [-0.25, -0.2) is 13.4 Å². The van der Waals surface area contributed by atoms with Gasteiger partial charge in [0.15, 0.2) is 5.13 Å². The molecule has 2 heterocycles. The van der Waals surface area contributed by atoms with Crippen molar-refractivity contribution in [3.63, 3.8) is 0 Å². The number of fused-ring (bicyclic) bond motifs is 1. The molecule has 0 bridgehead atoms. The second kappa shape index (κ2) is 12.5. The predicted octanol–water partition coefficient (Wildman–Crippen LogP) is 5.75. The fourth-order valence-corrected chi connectivity index (χ4v) is 6.48. The summed E-state index contributed by atoms with van der Waals surface area (Å²) in [6, 6.07) is 17.3. The van der Waals surface area contributed by atoms with Crippen molar-refractivity contribution in [1.82, 2.24) is 14.3 Å². The van der Waals surface area contributed by atoms with Crippen LogP contribution in [0.3, 0.4) is 0 Å². The minimum Gasteiger partial charge on any atom is -0.494 e. The Balaban J connectivity index is 1.66. The van der Waals surface area contributed by atoms with Crippen molar-refractivity contribution in [3.8, 4) is 5.75 Å². The summed E-state index contributed by atoms with van der Waals surface area (Å²) < 4.78 is 34.2. The first-order chi connectivity index (χ1) is 18.4. The van der Waals surface area contributed by atoms with Crippen LogP contribution in [0, 0.1) is 0 Å². The molecule has 2 aromatic carbocycles. The molecule has 0 aliphatic heterocycles. The summed E-state index contributed by atoms with van der Waals surface area (Å²) in [5.41, 5.74) is 1.84. The SMILES string of the molecule is CCCCN(CC)S(=O)(=O)c1ccc(C(=O)N(Cc2ccccn2)c2nc3ccc(OCC)cc3s2)cc1. The molecule has 38 heavy (non-hydrogen) atoms. The minimum atomic E-state index is -3.64. The molecule has 0 N–H and O–H groups in total. The molecule has 0 saturated heterocycles. The molecule has 0 radical (unpaired) electrons. The van der Waals surface area contributed by atoms with Crippen LogP contribution < -0.4 is 9.64 Å². The standard InChI is InChI=1S/C28H32N4O4S2/c1-4-7-18-31(5-2)38(34,35)24-14-11-21(12-15-24)27(33)32(20-22-10-8-9-17-29-22)28-30-25-16-13-23(36-6-3)19-26(25)37-28/h8-17,19H,4-7,18,20H2,1-3H3. The number of benzene rings is 2. The summed E-state index contributed by atoms with van der Waals surface area (Å²) in [5, 5.41) is 0.526. The Bertz CT molecular complexity index is 1470. The van der Waals surface area contributed by atoms with Crippen LogP contribution in [0.1, 0.15) is 49.7 Å². The molecule has 10 heteroatoms. The zero-order valence-electron chi connectivity index (χ0n) is 21.8. The normalized spacial score (nSPS) is 11.7. The Morgan fingerprint density at radius 2 is 1.82 bits per heavy atom. The Morgan fingerprint density at radius 3 is 2.47 bits per heavy atom. The summed E-state index contributed by atoms with van der Waals surface area (Å²) >= 11 is 1.39. The van der Waals surface area contributed by atoms with Crippen LogP contribution in [0.25, 0.3) is 10.2 Å². The van der Waals surface area contributed by atoms with Gasteiger partial charge in [-0.3, -0.25) is 14.7 Å². The van der Waals surface area contributed by atoms with Gasteiger partial charge in [0.1, 0.15) is 5.75 Å². The first-order valence-electron chi connectivity index (χ1n) is 12.7. The van der Waals surface area contributed by atoms with Crippen molar-refractivity contribution in [1.29, 1.82) is 0 Å². The van der Waals surface area contributed by atoms with E-state index in [1.165, 1.54) is 27.8 Å². The van der Waals surface area contributed by atoms with Gasteiger partial charge in [0.2, 0.25) is 10.0 Å². The summed E-state index contributed by atoms with van der Waals surface area (Å²) in [6.45, 7) is 7.42. The molecular formula is C28H32N4O4S2. The molecule has 0 unspecified atom stereocenters. The van der Waals surface area contributed by atoms with Crippen LogP contribution in [0.4, 0.5) is 5.13 Å². The summed E-state index contributed by atoms with van der Waals surface area (Å²) in [7, 11) is -3.64. The molecule has 0 aliphatic rings. The van der Waals surface area contributed by atoms with Gasteiger partial charge in [-0.15, -0.1) is 0 Å². The third-order valence-corrected chi connectivity index (χ3v) is 9.06. The number of carbonyl (C=O) groups excluding carboxylic acids is 1. The van der Waals surface area contributed by atoms with Gasteiger partial charge >= 0.3 is 0 Å². The number of anilines is 1. The second-order valence-electron chi connectivity index (χ2n) is 8.65. The number of rotatable bonds is 12. The van der Waals surface area contributed by atoms with E-state index >= 15 is 0 Å². The number of hydrogen-bond donors (Lipinski definition) is 0. The predicted molar refractivity (Wildman–Crippen MR) is 151 cm³/mol. The summed E-state index contributed by atoms with van der Waals surface area (Å²) in [5.74, 6) is 0.455. The van der Waals surface area contributed by atoms with Crippen LogP contribution in [0.5, 0.6) is 5.75 Å². The second-order valence-corrected chi connectivity index (χ2v) is 11.6. The monoisotopic (exact) mass is 552 g/mol. The van der Waals surface area contributed by atoms with Gasteiger partial charge in [0.05, 0.1) is 34.0 Å². The molecule has 1 amide bonds. The van der Waals surface area contributed by atoms with Crippen LogP contribution >= 0.6 is 11.3 Å². The maximum Gasteiger partial charge on any atom is 0.260 e. The van der Waals surface area contributed by atoms with E-state index in [0.29, 0.717) is 36.1 Å². The van der Waals surface area contributed by atoms with Gasteiger partial charge in [0.25, 0.3) is 5.91 Å². The number of amides is 1. The van der Waals surface area contributed by atoms with Crippen LogP contribution in [-0.4, -0.2) is 48.3 Å². The molecular weight excluding hydrogens is 520 g/mol. The van der Waals surface area contributed by atoms with E-state index in [0.717, 1.165) is 28.8 Å². The number of nitrogens with zero attached hydrogens (tertiary/aromatic N) is 4. The Hall–Kier alpha value is -3.34. The molecule has 4 aromatic rings. The molecule has 200 valence electrons. The topological polar surface area (TPSA) is 92.7 Å². The highest BCUT2D eigenvalue weighted by Crippen LogP contribution is 2.33. The highest BCUT2D eigenvalue weighted by atomic mass is 32.2. The highest BCUT2D eigenvalue weighted by Gasteiger charge is 2.25. The van der Waals surface area contributed by atoms with Gasteiger partial charge in [0, 0.05) is 24.8 Å². The zero-order chi connectivity index (χ0) is 27.1. The molecule has 0 fully saturated rings. The van der Waals surface area contributed by atoms with Crippen molar-refractivity contribution >= 4 is 42.6 Å². The van der Waals surface area contributed by atoms with Crippen molar-refractivity contribution in [2.45, 2.75) is 45.1 Å². The Labute approximate surface area is 228 Å². The fraction of sp³-hybridized carbons (Fsp3) is 0.321. The zero-order valence-corrected chi connectivity index (χ0v) is 23.5. The lowest BCUT2D eigenvalue weighted by Gasteiger charge is -2.21. The largest absolute Gasteiger partial charge is 0.494 e. The molecule has 0 spiro atoms. The number of unbranched alkanes of at least 4 members (excludes halogenated alkanes) is 1. The number of thiazole rings is 1. The average molecular weight is 553 g/mol.